The molecule has 10 aromatic carbocycles. The van der Waals surface area contributed by atoms with Crippen molar-refractivity contribution in [2.24, 2.45) is 0 Å². The topological polar surface area (TPSA) is 19.6 Å². The van der Waals surface area contributed by atoms with Crippen LogP contribution >= 0.6 is 0 Å². The fourth-order valence-corrected chi connectivity index (χ4v) is 12.8. The molecule has 0 bridgehead atoms. The summed E-state index contributed by atoms with van der Waals surface area (Å²) in [4.78, 5) is 4.87. The van der Waals surface area contributed by atoms with Crippen molar-refractivity contribution < 1.29 is 4.42 Å². The highest BCUT2D eigenvalue weighted by atomic mass is 16.3. The van der Waals surface area contributed by atoms with Crippen molar-refractivity contribution in [3.8, 4) is 11.1 Å². The second-order valence-corrected chi connectivity index (χ2v) is 23.9. The third kappa shape index (κ3) is 8.59. The van der Waals surface area contributed by atoms with Crippen LogP contribution in [0, 0.1) is 13.8 Å². The first kappa shape index (κ1) is 51.1. The monoisotopic (exact) mass is 1030 g/mol. The third-order valence-electron chi connectivity index (χ3n) is 16.4. The summed E-state index contributed by atoms with van der Waals surface area (Å²) in [7, 11) is 0. The second-order valence-electron chi connectivity index (χ2n) is 23.9. The summed E-state index contributed by atoms with van der Waals surface area (Å²) in [5.74, 6) is 0. The zero-order chi connectivity index (χ0) is 55.0. The SMILES string of the molecule is C=C/C(=C\C(C)=C/CC)N(c1ccc(C(C)(C)C)cc1)c1cc2c(c3oc4ccccc4c13)-c1c(c3ccc(N(c4ccc(C(C)(C)C)cc4)c4cc(C)cc(C)c4)cc3c3ccccc13)C2(c1ccccc1)c1ccccc1. The molecule has 0 saturated heterocycles. The Morgan fingerprint density at radius 1 is 0.532 bits per heavy atom. The molecule has 1 heterocycles. The molecule has 0 saturated carbocycles. The van der Waals surface area contributed by atoms with Crippen molar-refractivity contribution in [2.75, 3.05) is 9.80 Å². The largest absolute Gasteiger partial charge is 0.455 e. The minimum atomic E-state index is -0.827. The Morgan fingerprint density at radius 3 is 1.66 bits per heavy atom. The van der Waals surface area contributed by atoms with E-state index >= 15 is 0 Å². The Morgan fingerprint density at radius 2 is 1.08 bits per heavy atom. The minimum Gasteiger partial charge on any atom is -0.455 e. The van der Waals surface area contributed by atoms with Crippen LogP contribution in [-0.2, 0) is 16.2 Å². The van der Waals surface area contributed by atoms with E-state index < -0.39 is 5.41 Å². The zero-order valence-electron chi connectivity index (χ0n) is 47.5. The molecule has 79 heavy (non-hydrogen) atoms. The number of rotatable bonds is 11. The Hall–Kier alpha value is -8.66. The van der Waals surface area contributed by atoms with Gasteiger partial charge in [-0.05, 0) is 182 Å². The van der Waals surface area contributed by atoms with Gasteiger partial charge in [-0.15, -0.1) is 0 Å². The van der Waals surface area contributed by atoms with Gasteiger partial charge in [-0.1, -0.05) is 206 Å². The van der Waals surface area contributed by atoms with E-state index in [4.69, 9.17) is 4.42 Å². The van der Waals surface area contributed by atoms with E-state index in [-0.39, 0.29) is 10.8 Å². The molecule has 11 aromatic rings. The highest BCUT2D eigenvalue weighted by Gasteiger charge is 2.50. The summed E-state index contributed by atoms with van der Waals surface area (Å²) in [6, 6.07) is 75.1. The third-order valence-corrected chi connectivity index (χ3v) is 16.4. The molecule has 0 N–H and O–H groups in total. The smallest absolute Gasteiger partial charge is 0.145 e. The van der Waals surface area contributed by atoms with Crippen molar-refractivity contribution in [2.45, 2.75) is 91.9 Å². The molecule has 0 atom stereocenters. The number of hydrogen-bond acceptors (Lipinski definition) is 3. The number of hydrogen-bond donors (Lipinski definition) is 0. The quantitative estimate of drug-likeness (QED) is 0.0951. The maximum absolute atomic E-state index is 7.51. The first-order valence-electron chi connectivity index (χ1n) is 28.1. The number of fused-ring (bicyclic) bond motifs is 12. The molecule has 0 amide bonds. The number of anilines is 5. The van der Waals surface area contributed by atoms with Gasteiger partial charge in [0.05, 0.1) is 16.5 Å². The molecule has 0 spiro atoms. The lowest BCUT2D eigenvalue weighted by Gasteiger charge is -2.36. The predicted molar refractivity (Wildman–Crippen MR) is 339 cm³/mol. The molecule has 0 aliphatic heterocycles. The molecule has 0 radical (unpaired) electrons. The molecule has 3 heteroatoms. The van der Waals surface area contributed by atoms with Crippen LogP contribution < -0.4 is 9.80 Å². The summed E-state index contributed by atoms with van der Waals surface area (Å²) >= 11 is 0. The summed E-state index contributed by atoms with van der Waals surface area (Å²) in [5.41, 5.74) is 20.6. The summed E-state index contributed by atoms with van der Waals surface area (Å²) in [6.45, 7) is 27.0. The molecular weight excluding hydrogens is 957 g/mol. The normalized spacial score (nSPS) is 13.5. The minimum absolute atomic E-state index is 0.0213. The molecule has 1 aromatic heterocycles. The first-order valence-corrected chi connectivity index (χ1v) is 28.1. The molecule has 390 valence electrons. The van der Waals surface area contributed by atoms with E-state index in [2.05, 4.69) is 298 Å². The van der Waals surface area contributed by atoms with Crippen molar-refractivity contribution in [3.05, 3.63) is 281 Å². The number of benzene rings is 10. The van der Waals surface area contributed by atoms with E-state index in [0.717, 1.165) is 68.1 Å². The van der Waals surface area contributed by atoms with Gasteiger partial charge in [0.25, 0.3) is 0 Å². The second kappa shape index (κ2) is 19.7. The number of aryl methyl sites for hydroxylation is 2. The summed E-state index contributed by atoms with van der Waals surface area (Å²) in [5, 5.41) is 6.87. The van der Waals surface area contributed by atoms with E-state index in [1.54, 1.807) is 0 Å². The van der Waals surface area contributed by atoms with Gasteiger partial charge in [0.15, 0.2) is 0 Å². The summed E-state index contributed by atoms with van der Waals surface area (Å²) in [6.07, 6.45) is 7.51. The van der Waals surface area contributed by atoms with Gasteiger partial charge in [-0.3, -0.25) is 0 Å². The average Bonchev–Trinajstić information content (AvgIpc) is 2.03. The Bertz CT molecular complexity index is 4160. The average molecular weight is 1030 g/mol. The van der Waals surface area contributed by atoms with Crippen LogP contribution in [0.2, 0.25) is 0 Å². The fourth-order valence-electron chi connectivity index (χ4n) is 12.8. The van der Waals surface area contributed by atoms with Crippen molar-refractivity contribution in [1.29, 1.82) is 0 Å². The molecule has 12 rings (SSSR count). The van der Waals surface area contributed by atoms with E-state index in [1.165, 1.54) is 77.2 Å². The predicted octanol–water partition coefficient (Wildman–Crippen LogP) is 21.5. The van der Waals surface area contributed by atoms with E-state index in [9.17, 15) is 0 Å². The molecular formula is C76H70N2O. The van der Waals surface area contributed by atoms with Gasteiger partial charge in [-0.25, -0.2) is 0 Å². The number of allylic oxidation sites excluding steroid dienone is 4. The lowest BCUT2D eigenvalue weighted by Crippen LogP contribution is -2.29. The van der Waals surface area contributed by atoms with Crippen LogP contribution in [0.1, 0.15) is 106 Å². The molecule has 1 aliphatic carbocycles. The molecule has 1 aliphatic rings. The van der Waals surface area contributed by atoms with Gasteiger partial charge in [0, 0.05) is 39.4 Å². The van der Waals surface area contributed by atoms with Crippen LogP contribution in [0.3, 0.4) is 0 Å². The Kier molecular flexibility index (Phi) is 12.7. The van der Waals surface area contributed by atoms with Crippen LogP contribution in [-0.4, -0.2) is 0 Å². The summed E-state index contributed by atoms with van der Waals surface area (Å²) < 4.78 is 7.51. The molecule has 0 unspecified atom stereocenters. The van der Waals surface area contributed by atoms with E-state index in [1.807, 2.05) is 6.08 Å². The number of nitrogens with zero attached hydrogens (tertiary/aromatic N) is 2. The van der Waals surface area contributed by atoms with Crippen molar-refractivity contribution in [1.82, 2.24) is 0 Å². The number of para-hydroxylation sites is 1. The maximum Gasteiger partial charge on any atom is 0.145 e. The molecule has 0 fully saturated rings. The highest BCUT2D eigenvalue weighted by molar-refractivity contribution is 6.26. The number of furan rings is 1. The molecule has 3 nitrogen and oxygen atoms in total. The van der Waals surface area contributed by atoms with Crippen molar-refractivity contribution >= 4 is 71.9 Å². The van der Waals surface area contributed by atoms with Crippen LogP contribution in [0.15, 0.2) is 241 Å². The van der Waals surface area contributed by atoms with Crippen LogP contribution in [0.5, 0.6) is 0 Å². The van der Waals surface area contributed by atoms with Gasteiger partial charge in [-0.2, -0.15) is 0 Å². The fraction of sp³-hybridized carbons (Fsp3) is 0.184. The highest BCUT2D eigenvalue weighted by Crippen LogP contribution is 2.64. The van der Waals surface area contributed by atoms with Crippen LogP contribution in [0.4, 0.5) is 28.4 Å². The Balaban J connectivity index is 1.25. The zero-order valence-corrected chi connectivity index (χ0v) is 47.5. The lowest BCUT2D eigenvalue weighted by molar-refractivity contribution is 0.590. The van der Waals surface area contributed by atoms with Gasteiger partial charge in [0.2, 0.25) is 0 Å². The first-order chi connectivity index (χ1) is 38.1. The van der Waals surface area contributed by atoms with Gasteiger partial charge < -0.3 is 14.2 Å². The Labute approximate surface area is 467 Å². The maximum atomic E-state index is 7.51. The van der Waals surface area contributed by atoms with Gasteiger partial charge in [0.1, 0.15) is 11.2 Å². The van der Waals surface area contributed by atoms with Crippen LogP contribution in [0.25, 0.3) is 54.6 Å². The lowest BCUT2D eigenvalue weighted by atomic mass is 9.66. The van der Waals surface area contributed by atoms with Gasteiger partial charge >= 0.3 is 0 Å². The van der Waals surface area contributed by atoms with Crippen molar-refractivity contribution in [3.63, 3.8) is 0 Å². The van der Waals surface area contributed by atoms with E-state index in [0.29, 0.717) is 0 Å². The standard InChI is InChI=1S/C76H70N2O/c1-12-24-49(3)44-56(13-2)78(58-39-35-53(36-40-58)75(9,10)11)67-48-66-71(73-69(67)64-31-22-23-32-68(64)79-73)70-62-30-21-20-29-61(62)65-47-59(77(60-45-50(4)43-51(5)46-60)57-37-33-52(34-38-57)74(6,7)8)41-42-63(65)72(70)76(66,54-25-16-14-17-26-54)55-27-18-15-19-28-55/h13-48H,2,12H2,1,3-11H3/b49-24-,56-44+.